The molecule has 2 N–H and O–H groups in total. The van der Waals surface area contributed by atoms with Crippen molar-refractivity contribution >= 4 is 11.5 Å². The molecule has 0 amide bonds. The summed E-state index contributed by atoms with van der Waals surface area (Å²) in [6.45, 7) is 3.27. The third-order valence-electron chi connectivity index (χ3n) is 2.61. The highest BCUT2D eigenvalue weighted by Crippen LogP contribution is 2.24. The van der Waals surface area contributed by atoms with E-state index in [0.717, 1.165) is 38.5 Å². The second-order valence-electron chi connectivity index (χ2n) is 3.72. The highest BCUT2D eigenvalue weighted by molar-refractivity contribution is 5.63. The number of rotatable bonds is 2. The summed E-state index contributed by atoms with van der Waals surface area (Å²) < 4.78 is 10.5. The van der Waals surface area contributed by atoms with Gasteiger partial charge in [0.05, 0.1) is 19.4 Å². The van der Waals surface area contributed by atoms with Crippen LogP contribution in [0.3, 0.4) is 0 Å². The number of nitrogens with zero attached hydrogens (tertiary/aromatic N) is 2. The first-order valence-electron chi connectivity index (χ1n) is 5.44. The number of aromatic nitrogens is 1. The van der Waals surface area contributed by atoms with Crippen molar-refractivity contribution in [3.63, 3.8) is 0 Å². The average molecular weight is 223 g/mol. The summed E-state index contributed by atoms with van der Waals surface area (Å²) >= 11 is 0. The number of nitrogen functional groups attached to an aromatic ring is 1. The predicted molar refractivity (Wildman–Crippen MR) is 62.9 cm³/mol. The summed E-state index contributed by atoms with van der Waals surface area (Å²) in [6.07, 6.45) is 0.998. The fraction of sp³-hybridized carbons (Fsp3) is 0.545. The van der Waals surface area contributed by atoms with Gasteiger partial charge in [0.2, 0.25) is 5.88 Å². The fourth-order valence-corrected chi connectivity index (χ4v) is 1.77. The number of nitrogens with two attached hydrogens (primary N) is 1. The maximum atomic E-state index is 5.93. The molecule has 0 bridgehead atoms. The lowest BCUT2D eigenvalue weighted by Gasteiger charge is -2.22. The predicted octanol–water partition coefficient (Wildman–Crippen LogP) is 0.899. The van der Waals surface area contributed by atoms with Crippen LogP contribution in [0.2, 0.25) is 0 Å². The molecule has 0 radical (unpaired) electrons. The molecule has 1 aromatic rings. The molecule has 16 heavy (non-hydrogen) atoms. The Hall–Kier alpha value is -1.49. The molecule has 0 aliphatic carbocycles. The molecule has 1 fully saturated rings. The van der Waals surface area contributed by atoms with Gasteiger partial charge < -0.3 is 20.1 Å². The van der Waals surface area contributed by atoms with Crippen molar-refractivity contribution in [3.05, 3.63) is 12.1 Å². The van der Waals surface area contributed by atoms with E-state index in [9.17, 15) is 0 Å². The van der Waals surface area contributed by atoms with E-state index in [1.807, 2.05) is 6.07 Å². The third kappa shape index (κ3) is 2.36. The van der Waals surface area contributed by atoms with E-state index in [-0.39, 0.29) is 0 Å². The molecule has 5 heteroatoms. The van der Waals surface area contributed by atoms with Gasteiger partial charge in [-0.1, -0.05) is 0 Å². The van der Waals surface area contributed by atoms with Gasteiger partial charge in [0, 0.05) is 25.8 Å². The number of ether oxygens (including phenoxy) is 2. The Kier molecular flexibility index (Phi) is 3.46. The van der Waals surface area contributed by atoms with Gasteiger partial charge in [-0.3, -0.25) is 0 Å². The number of hydrogen-bond donors (Lipinski definition) is 1. The van der Waals surface area contributed by atoms with Gasteiger partial charge >= 0.3 is 0 Å². The molecule has 0 saturated carbocycles. The monoisotopic (exact) mass is 223 g/mol. The Morgan fingerprint density at radius 2 is 2.25 bits per heavy atom. The molecule has 0 spiro atoms. The molecule has 1 saturated heterocycles. The van der Waals surface area contributed by atoms with Crippen LogP contribution in [0.4, 0.5) is 11.5 Å². The molecule has 1 aromatic heterocycles. The SMILES string of the molecule is COc1ccc(N)c(N2CCCOCC2)n1. The Morgan fingerprint density at radius 1 is 1.38 bits per heavy atom. The van der Waals surface area contributed by atoms with E-state index in [2.05, 4.69) is 9.88 Å². The van der Waals surface area contributed by atoms with Gasteiger partial charge in [-0.2, -0.15) is 4.98 Å². The normalized spacial score (nSPS) is 16.9. The van der Waals surface area contributed by atoms with Crippen LogP contribution in [0.15, 0.2) is 12.1 Å². The van der Waals surface area contributed by atoms with Crippen LogP contribution in [0.5, 0.6) is 5.88 Å². The van der Waals surface area contributed by atoms with Crippen molar-refractivity contribution in [2.45, 2.75) is 6.42 Å². The molecule has 88 valence electrons. The minimum Gasteiger partial charge on any atom is -0.481 e. The lowest BCUT2D eigenvalue weighted by molar-refractivity contribution is 0.152. The lowest BCUT2D eigenvalue weighted by atomic mass is 10.3. The average Bonchev–Trinajstić information content (AvgIpc) is 2.58. The van der Waals surface area contributed by atoms with Crippen molar-refractivity contribution in [2.75, 3.05) is 44.0 Å². The first-order valence-corrected chi connectivity index (χ1v) is 5.44. The number of anilines is 2. The summed E-state index contributed by atoms with van der Waals surface area (Å²) in [5, 5.41) is 0. The zero-order valence-electron chi connectivity index (χ0n) is 9.48. The summed E-state index contributed by atoms with van der Waals surface area (Å²) in [6, 6.07) is 3.60. The van der Waals surface area contributed by atoms with Gasteiger partial charge in [0.25, 0.3) is 0 Å². The molecule has 1 aliphatic rings. The Balaban J connectivity index is 2.22. The molecular weight excluding hydrogens is 206 g/mol. The van der Waals surface area contributed by atoms with Gasteiger partial charge in [-0.05, 0) is 12.5 Å². The molecule has 5 nitrogen and oxygen atoms in total. The largest absolute Gasteiger partial charge is 0.481 e. The van der Waals surface area contributed by atoms with Gasteiger partial charge in [0.15, 0.2) is 5.82 Å². The molecule has 2 rings (SSSR count). The minimum atomic E-state index is 0.592. The number of methoxy groups -OCH3 is 1. The van der Waals surface area contributed by atoms with Gasteiger partial charge in [-0.15, -0.1) is 0 Å². The zero-order valence-corrected chi connectivity index (χ0v) is 9.48. The summed E-state index contributed by atoms with van der Waals surface area (Å²) in [4.78, 5) is 6.52. The van der Waals surface area contributed by atoms with E-state index >= 15 is 0 Å². The van der Waals surface area contributed by atoms with Crippen LogP contribution < -0.4 is 15.4 Å². The first-order chi connectivity index (χ1) is 7.81. The van der Waals surface area contributed by atoms with Crippen LogP contribution >= 0.6 is 0 Å². The fourth-order valence-electron chi connectivity index (χ4n) is 1.77. The van der Waals surface area contributed by atoms with Crippen LogP contribution in [0, 0.1) is 0 Å². The molecule has 1 aliphatic heterocycles. The van der Waals surface area contributed by atoms with E-state index in [4.69, 9.17) is 15.2 Å². The summed E-state index contributed by atoms with van der Waals surface area (Å²) in [5.74, 6) is 1.39. The van der Waals surface area contributed by atoms with E-state index < -0.39 is 0 Å². The molecule has 2 heterocycles. The quantitative estimate of drug-likeness (QED) is 0.807. The zero-order chi connectivity index (χ0) is 11.4. The Bertz CT molecular complexity index is 349. The topological polar surface area (TPSA) is 60.6 Å². The van der Waals surface area contributed by atoms with Crippen molar-refractivity contribution in [2.24, 2.45) is 0 Å². The van der Waals surface area contributed by atoms with Crippen molar-refractivity contribution < 1.29 is 9.47 Å². The standard InChI is InChI=1S/C11H17N3O2/c1-15-10-4-3-9(12)11(13-10)14-5-2-7-16-8-6-14/h3-4H,2,5-8,12H2,1H3. The van der Waals surface area contributed by atoms with Gasteiger partial charge in [0.1, 0.15) is 0 Å². The van der Waals surface area contributed by atoms with E-state index in [1.54, 1.807) is 13.2 Å². The third-order valence-corrected chi connectivity index (χ3v) is 2.61. The summed E-state index contributed by atoms with van der Waals surface area (Å²) in [7, 11) is 1.61. The second-order valence-corrected chi connectivity index (χ2v) is 3.72. The summed E-state index contributed by atoms with van der Waals surface area (Å²) in [5.41, 5.74) is 6.61. The second kappa shape index (κ2) is 5.03. The Labute approximate surface area is 95.2 Å². The Morgan fingerprint density at radius 3 is 3.06 bits per heavy atom. The highest BCUT2D eigenvalue weighted by Gasteiger charge is 2.14. The molecule has 0 atom stereocenters. The minimum absolute atomic E-state index is 0.592. The van der Waals surface area contributed by atoms with Crippen LogP contribution in [-0.2, 0) is 4.74 Å². The maximum absolute atomic E-state index is 5.93. The molecular formula is C11H17N3O2. The first kappa shape index (κ1) is 11.0. The van der Waals surface area contributed by atoms with Crippen molar-refractivity contribution in [3.8, 4) is 5.88 Å². The maximum Gasteiger partial charge on any atom is 0.215 e. The van der Waals surface area contributed by atoms with Crippen LogP contribution in [0.25, 0.3) is 0 Å². The van der Waals surface area contributed by atoms with Crippen molar-refractivity contribution in [1.82, 2.24) is 4.98 Å². The van der Waals surface area contributed by atoms with Gasteiger partial charge in [-0.25, -0.2) is 0 Å². The van der Waals surface area contributed by atoms with Crippen molar-refractivity contribution in [1.29, 1.82) is 0 Å². The van der Waals surface area contributed by atoms with Crippen LogP contribution in [-0.4, -0.2) is 38.4 Å². The lowest BCUT2D eigenvalue weighted by Crippen LogP contribution is -2.27. The number of pyridine rings is 1. The number of hydrogen-bond acceptors (Lipinski definition) is 5. The molecule has 0 unspecified atom stereocenters. The van der Waals surface area contributed by atoms with E-state index in [0.29, 0.717) is 11.6 Å². The smallest absolute Gasteiger partial charge is 0.215 e. The van der Waals surface area contributed by atoms with E-state index in [1.165, 1.54) is 0 Å². The molecule has 0 aromatic carbocycles. The van der Waals surface area contributed by atoms with Crippen LogP contribution in [0.1, 0.15) is 6.42 Å². The highest BCUT2D eigenvalue weighted by atomic mass is 16.5.